The molecule has 3 aliphatic rings. The number of hydrogen-bond donors (Lipinski definition) is 0. The van der Waals surface area contributed by atoms with Crippen LogP contribution in [0.1, 0.15) is 19.3 Å². The minimum atomic E-state index is -0.537. The highest BCUT2D eigenvalue weighted by Gasteiger charge is 2.27. The fraction of sp³-hybridized carbons (Fsp3) is 0.800. The van der Waals surface area contributed by atoms with E-state index in [4.69, 9.17) is 14.2 Å². The summed E-state index contributed by atoms with van der Waals surface area (Å²) in [6, 6.07) is 0. The number of nitrogens with zero attached hydrogens (tertiary/aromatic N) is 3. The lowest BCUT2D eigenvalue weighted by atomic mass is 10.3. The summed E-state index contributed by atoms with van der Waals surface area (Å²) in [5.74, 6) is 0. The first kappa shape index (κ1) is 15.8. The predicted molar refractivity (Wildman–Crippen MR) is 82.3 cm³/mol. The predicted octanol–water partition coefficient (Wildman–Crippen LogP) is -1.46. The van der Waals surface area contributed by atoms with Crippen LogP contribution < -0.4 is 17.1 Å². The Morgan fingerprint density at radius 3 is 1.08 bits per heavy atom. The normalized spacial score (nSPS) is 27.2. The summed E-state index contributed by atoms with van der Waals surface area (Å²) in [4.78, 5) is 37.8. The number of epoxide rings is 3. The van der Waals surface area contributed by atoms with E-state index in [9.17, 15) is 14.4 Å². The molecule has 9 nitrogen and oxygen atoms in total. The van der Waals surface area contributed by atoms with Crippen LogP contribution in [0.3, 0.4) is 0 Å². The van der Waals surface area contributed by atoms with E-state index in [1.165, 1.54) is 0 Å². The molecule has 24 heavy (non-hydrogen) atoms. The maximum absolute atomic E-state index is 12.6. The Kier molecular flexibility index (Phi) is 4.15. The fourth-order valence-corrected chi connectivity index (χ4v) is 2.78. The molecule has 0 aliphatic carbocycles. The van der Waals surface area contributed by atoms with Gasteiger partial charge in [-0.1, -0.05) is 0 Å². The second kappa shape index (κ2) is 6.30. The van der Waals surface area contributed by atoms with Crippen LogP contribution in [0.2, 0.25) is 0 Å². The third-order valence-electron chi connectivity index (χ3n) is 4.62. The first-order valence-corrected chi connectivity index (χ1v) is 8.43. The van der Waals surface area contributed by atoms with Gasteiger partial charge in [0.1, 0.15) is 0 Å². The van der Waals surface area contributed by atoms with E-state index in [1.807, 2.05) is 0 Å². The van der Waals surface area contributed by atoms with Gasteiger partial charge in [-0.3, -0.25) is 0 Å². The van der Waals surface area contributed by atoms with E-state index in [2.05, 4.69) is 0 Å². The molecule has 0 saturated carbocycles. The van der Waals surface area contributed by atoms with Crippen LogP contribution in [-0.4, -0.2) is 51.8 Å². The maximum atomic E-state index is 12.6. The number of aromatic nitrogens is 3. The van der Waals surface area contributed by atoms with E-state index in [0.29, 0.717) is 39.1 Å². The zero-order chi connectivity index (χ0) is 16.7. The smallest absolute Gasteiger partial charge is 0.336 e. The number of rotatable bonds is 9. The van der Waals surface area contributed by atoms with Gasteiger partial charge in [-0.05, 0) is 19.3 Å². The van der Waals surface area contributed by atoms with Crippen LogP contribution in [0.5, 0.6) is 0 Å². The summed E-state index contributed by atoms with van der Waals surface area (Å²) in [5, 5.41) is 0. The van der Waals surface area contributed by atoms with Crippen LogP contribution in [0, 0.1) is 0 Å². The third-order valence-corrected chi connectivity index (χ3v) is 4.62. The molecule has 3 fully saturated rings. The van der Waals surface area contributed by atoms with Crippen LogP contribution in [-0.2, 0) is 33.8 Å². The zero-order valence-corrected chi connectivity index (χ0v) is 13.4. The molecular weight excluding hydrogens is 318 g/mol. The van der Waals surface area contributed by atoms with Crippen molar-refractivity contribution in [3.63, 3.8) is 0 Å². The van der Waals surface area contributed by atoms with Crippen molar-refractivity contribution >= 4 is 0 Å². The van der Waals surface area contributed by atoms with E-state index in [1.54, 1.807) is 0 Å². The molecule has 0 amide bonds. The monoisotopic (exact) mass is 339 g/mol. The fourth-order valence-electron chi connectivity index (χ4n) is 2.78. The molecule has 1 aromatic heterocycles. The standard InChI is InChI=1S/C15H21N3O6/c19-13-16(4-1-10-7-22-10)14(20)18(6-3-12-9-24-12)15(21)17(13)5-2-11-8-23-11/h10-12H,1-9H2. The van der Waals surface area contributed by atoms with Gasteiger partial charge in [-0.25, -0.2) is 28.1 Å². The minimum Gasteiger partial charge on any atom is -0.373 e. The van der Waals surface area contributed by atoms with Gasteiger partial charge in [0.25, 0.3) is 0 Å². The highest BCUT2D eigenvalue weighted by atomic mass is 16.6. The quantitative estimate of drug-likeness (QED) is 0.509. The van der Waals surface area contributed by atoms with Crippen LogP contribution in [0.25, 0.3) is 0 Å². The summed E-state index contributed by atoms with van der Waals surface area (Å²) in [5.41, 5.74) is -1.61. The highest BCUT2D eigenvalue weighted by molar-refractivity contribution is 4.83. The van der Waals surface area contributed by atoms with Gasteiger partial charge >= 0.3 is 17.1 Å². The number of ether oxygens (including phenoxy) is 3. The molecule has 4 rings (SSSR count). The van der Waals surface area contributed by atoms with Crippen molar-refractivity contribution in [3.8, 4) is 0 Å². The first-order chi connectivity index (χ1) is 11.6. The zero-order valence-electron chi connectivity index (χ0n) is 13.4. The molecule has 0 N–H and O–H groups in total. The SMILES string of the molecule is O=c1n(CCC2CO2)c(=O)n(CCC2CO2)c(=O)n1CCC1CO1. The molecule has 0 spiro atoms. The Labute approximate surface area is 137 Å². The molecule has 0 aromatic carbocycles. The summed E-state index contributed by atoms with van der Waals surface area (Å²) in [7, 11) is 0. The maximum Gasteiger partial charge on any atom is 0.336 e. The highest BCUT2D eigenvalue weighted by Crippen LogP contribution is 2.15. The topological polar surface area (TPSA) is 104 Å². The molecular formula is C15H21N3O6. The van der Waals surface area contributed by atoms with Crippen LogP contribution >= 0.6 is 0 Å². The molecule has 3 atom stereocenters. The Morgan fingerprint density at radius 2 is 0.875 bits per heavy atom. The molecule has 1 aromatic rings. The largest absolute Gasteiger partial charge is 0.373 e. The van der Waals surface area contributed by atoms with Crippen molar-refractivity contribution in [1.82, 2.24) is 13.7 Å². The molecule has 9 heteroatoms. The van der Waals surface area contributed by atoms with Crippen molar-refractivity contribution in [2.75, 3.05) is 19.8 Å². The Bertz CT molecular complexity index is 647. The first-order valence-electron chi connectivity index (χ1n) is 8.43. The van der Waals surface area contributed by atoms with Crippen molar-refractivity contribution in [1.29, 1.82) is 0 Å². The summed E-state index contributed by atoms with van der Waals surface area (Å²) in [6.45, 7) is 2.80. The number of hydrogen-bond acceptors (Lipinski definition) is 6. The van der Waals surface area contributed by atoms with Gasteiger partial charge in [0, 0.05) is 19.6 Å². The third kappa shape index (κ3) is 3.52. The minimum absolute atomic E-state index is 0.116. The lowest BCUT2D eigenvalue weighted by molar-refractivity contribution is 0.347. The van der Waals surface area contributed by atoms with E-state index in [0.717, 1.165) is 13.7 Å². The molecule has 3 aliphatic heterocycles. The second-order valence-corrected chi connectivity index (χ2v) is 6.53. The van der Waals surface area contributed by atoms with E-state index < -0.39 is 17.1 Å². The second-order valence-electron chi connectivity index (χ2n) is 6.53. The van der Waals surface area contributed by atoms with Gasteiger partial charge < -0.3 is 14.2 Å². The molecule has 0 bridgehead atoms. The van der Waals surface area contributed by atoms with Crippen molar-refractivity contribution < 1.29 is 14.2 Å². The Morgan fingerprint density at radius 1 is 0.625 bits per heavy atom. The van der Waals surface area contributed by atoms with E-state index in [-0.39, 0.29) is 37.9 Å². The Balaban J connectivity index is 1.64. The van der Waals surface area contributed by atoms with Crippen molar-refractivity contribution in [3.05, 3.63) is 31.5 Å². The van der Waals surface area contributed by atoms with E-state index >= 15 is 0 Å². The molecule has 3 saturated heterocycles. The van der Waals surface area contributed by atoms with Gasteiger partial charge in [-0.15, -0.1) is 0 Å². The summed E-state index contributed by atoms with van der Waals surface area (Å²) >= 11 is 0. The van der Waals surface area contributed by atoms with Crippen molar-refractivity contribution in [2.45, 2.75) is 57.2 Å². The average molecular weight is 339 g/mol. The Hall–Kier alpha value is -1.71. The van der Waals surface area contributed by atoms with Gasteiger partial charge in [0.2, 0.25) is 0 Å². The lowest BCUT2D eigenvalue weighted by Gasteiger charge is -2.13. The summed E-state index contributed by atoms with van der Waals surface area (Å²) in [6.07, 6.45) is 2.15. The molecule has 132 valence electrons. The van der Waals surface area contributed by atoms with Crippen LogP contribution in [0.15, 0.2) is 14.4 Å². The van der Waals surface area contributed by atoms with Gasteiger partial charge in [0.15, 0.2) is 0 Å². The lowest BCUT2D eigenvalue weighted by Crippen LogP contribution is -2.54. The van der Waals surface area contributed by atoms with Gasteiger partial charge in [-0.2, -0.15) is 0 Å². The molecule has 0 radical (unpaired) electrons. The van der Waals surface area contributed by atoms with Crippen LogP contribution in [0.4, 0.5) is 0 Å². The molecule has 4 heterocycles. The average Bonchev–Trinajstić information content (AvgIpc) is 3.40. The molecule has 3 unspecified atom stereocenters. The van der Waals surface area contributed by atoms with Gasteiger partial charge in [0.05, 0.1) is 38.1 Å². The summed E-state index contributed by atoms with van der Waals surface area (Å²) < 4.78 is 18.9. The van der Waals surface area contributed by atoms with Crippen molar-refractivity contribution in [2.24, 2.45) is 0 Å².